The van der Waals surface area contributed by atoms with Crippen LogP contribution in [0.2, 0.25) is 0 Å². The van der Waals surface area contributed by atoms with Gasteiger partial charge < -0.3 is 5.32 Å². The monoisotopic (exact) mass is 333 g/mol. The highest BCUT2D eigenvalue weighted by atomic mass is 79.9. The fourth-order valence-corrected chi connectivity index (χ4v) is 2.73. The molecule has 1 saturated carbocycles. The van der Waals surface area contributed by atoms with Crippen LogP contribution in [0, 0.1) is 5.82 Å². The van der Waals surface area contributed by atoms with Crippen LogP contribution in [0.15, 0.2) is 46.9 Å². The zero-order valence-electron chi connectivity index (χ0n) is 11.2. The van der Waals surface area contributed by atoms with Crippen molar-refractivity contribution in [2.75, 3.05) is 0 Å². The second-order valence-corrected chi connectivity index (χ2v) is 6.21. The van der Waals surface area contributed by atoms with Crippen molar-refractivity contribution in [1.82, 2.24) is 5.32 Å². The maximum atomic E-state index is 13.2. The van der Waals surface area contributed by atoms with Gasteiger partial charge in [-0.2, -0.15) is 0 Å². The Hall–Kier alpha value is -1.19. The average molecular weight is 334 g/mol. The molecule has 0 bridgehead atoms. The summed E-state index contributed by atoms with van der Waals surface area (Å²) >= 11 is 3.44. The van der Waals surface area contributed by atoms with Crippen LogP contribution in [0.5, 0.6) is 0 Å². The zero-order chi connectivity index (χ0) is 13.9. The summed E-state index contributed by atoms with van der Waals surface area (Å²) in [4.78, 5) is 0. The number of hydrogen-bond acceptors (Lipinski definition) is 1. The molecule has 1 aliphatic carbocycles. The van der Waals surface area contributed by atoms with Crippen molar-refractivity contribution in [3.05, 3.63) is 69.4 Å². The van der Waals surface area contributed by atoms with E-state index in [-0.39, 0.29) is 5.82 Å². The van der Waals surface area contributed by atoms with Gasteiger partial charge in [0, 0.05) is 17.6 Å². The summed E-state index contributed by atoms with van der Waals surface area (Å²) < 4.78 is 14.1. The normalized spacial score (nSPS) is 14.5. The number of benzene rings is 2. The van der Waals surface area contributed by atoms with E-state index in [1.54, 1.807) is 12.1 Å². The van der Waals surface area contributed by atoms with Crippen LogP contribution < -0.4 is 5.32 Å². The van der Waals surface area contributed by atoms with Crippen molar-refractivity contribution in [1.29, 1.82) is 0 Å². The highest BCUT2D eigenvalue weighted by Gasteiger charge is 2.22. The zero-order valence-corrected chi connectivity index (χ0v) is 12.8. The summed E-state index contributed by atoms with van der Waals surface area (Å²) in [5.74, 6) is 0.610. The molecule has 0 aromatic heterocycles. The predicted molar refractivity (Wildman–Crippen MR) is 83.1 cm³/mol. The first-order chi connectivity index (χ1) is 9.72. The third-order valence-corrected chi connectivity index (χ3v) is 4.45. The lowest BCUT2D eigenvalue weighted by atomic mass is 10.1. The summed E-state index contributed by atoms with van der Waals surface area (Å²) in [6.45, 7) is 1.45. The molecule has 0 amide bonds. The summed E-state index contributed by atoms with van der Waals surface area (Å²) in [5, 5.41) is 3.35. The van der Waals surface area contributed by atoms with Gasteiger partial charge in [0.2, 0.25) is 0 Å². The largest absolute Gasteiger partial charge is 0.309 e. The van der Waals surface area contributed by atoms with E-state index in [2.05, 4.69) is 45.5 Å². The fourth-order valence-electron chi connectivity index (χ4n) is 2.34. The number of nitrogens with one attached hydrogen (secondary N) is 1. The fraction of sp³-hybridized carbons (Fsp3) is 0.294. The smallest absolute Gasteiger partial charge is 0.123 e. The van der Waals surface area contributed by atoms with Crippen LogP contribution in [-0.2, 0) is 13.1 Å². The number of rotatable bonds is 5. The van der Waals surface area contributed by atoms with Crippen molar-refractivity contribution >= 4 is 15.9 Å². The van der Waals surface area contributed by atoms with E-state index in [1.165, 1.54) is 30.0 Å². The molecular weight excluding hydrogens is 317 g/mol. The summed E-state index contributed by atoms with van der Waals surface area (Å²) in [6, 6.07) is 13.6. The van der Waals surface area contributed by atoms with E-state index in [0.29, 0.717) is 6.54 Å². The van der Waals surface area contributed by atoms with E-state index in [9.17, 15) is 4.39 Å². The minimum Gasteiger partial charge on any atom is -0.309 e. The molecule has 2 aromatic rings. The molecule has 0 heterocycles. The van der Waals surface area contributed by atoms with Crippen LogP contribution in [0.3, 0.4) is 0 Å². The standard InChI is InChI=1S/C17H17BrFN/c18-17-8-7-16(19)9-15(17)11-20-10-12-1-3-13(4-2-12)14-5-6-14/h1-4,7-9,14,20H,5-6,10-11H2. The average Bonchev–Trinajstić information content (AvgIpc) is 3.28. The Balaban J connectivity index is 1.55. The maximum Gasteiger partial charge on any atom is 0.123 e. The van der Waals surface area contributed by atoms with E-state index in [0.717, 1.165) is 22.5 Å². The quantitative estimate of drug-likeness (QED) is 0.832. The van der Waals surface area contributed by atoms with Gasteiger partial charge in [0.1, 0.15) is 5.82 Å². The van der Waals surface area contributed by atoms with Gasteiger partial charge in [-0.1, -0.05) is 40.2 Å². The van der Waals surface area contributed by atoms with Crippen molar-refractivity contribution < 1.29 is 4.39 Å². The van der Waals surface area contributed by atoms with Crippen LogP contribution in [-0.4, -0.2) is 0 Å². The molecule has 0 radical (unpaired) electrons. The van der Waals surface area contributed by atoms with Crippen LogP contribution in [0.1, 0.15) is 35.4 Å². The lowest BCUT2D eigenvalue weighted by Gasteiger charge is -2.08. The first-order valence-electron chi connectivity index (χ1n) is 6.96. The highest BCUT2D eigenvalue weighted by Crippen LogP contribution is 2.39. The Labute approximate surface area is 127 Å². The van der Waals surface area contributed by atoms with Crippen molar-refractivity contribution in [3.63, 3.8) is 0 Å². The summed E-state index contributed by atoms with van der Waals surface area (Å²) in [7, 11) is 0. The first-order valence-corrected chi connectivity index (χ1v) is 7.75. The predicted octanol–water partition coefficient (Wildman–Crippen LogP) is 4.76. The molecule has 1 fully saturated rings. The molecule has 1 aliphatic rings. The molecule has 0 aliphatic heterocycles. The van der Waals surface area contributed by atoms with Gasteiger partial charge in [0.25, 0.3) is 0 Å². The third kappa shape index (κ3) is 3.47. The molecule has 2 aromatic carbocycles. The Bertz CT molecular complexity index is 590. The molecule has 0 atom stereocenters. The minimum absolute atomic E-state index is 0.196. The van der Waals surface area contributed by atoms with Gasteiger partial charge in [-0.25, -0.2) is 4.39 Å². The van der Waals surface area contributed by atoms with E-state index in [4.69, 9.17) is 0 Å². The van der Waals surface area contributed by atoms with Crippen molar-refractivity contribution in [2.24, 2.45) is 0 Å². The molecule has 0 unspecified atom stereocenters. The Kier molecular flexibility index (Phi) is 4.18. The molecule has 1 nitrogen and oxygen atoms in total. The van der Waals surface area contributed by atoms with Crippen molar-refractivity contribution in [3.8, 4) is 0 Å². The molecular formula is C17H17BrFN. The topological polar surface area (TPSA) is 12.0 Å². The lowest BCUT2D eigenvalue weighted by Crippen LogP contribution is -2.13. The number of halogens is 2. The summed E-state index contributed by atoms with van der Waals surface area (Å²) in [5.41, 5.74) is 3.67. The third-order valence-electron chi connectivity index (χ3n) is 3.68. The van der Waals surface area contributed by atoms with Gasteiger partial charge in [0.15, 0.2) is 0 Å². The lowest BCUT2D eigenvalue weighted by molar-refractivity contribution is 0.619. The van der Waals surface area contributed by atoms with E-state index < -0.39 is 0 Å². The van der Waals surface area contributed by atoms with Gasteiger partial charge in [-0.05, 0) is 53.6 Å². The molecule has 0 spiro atoms. The Morgan fingerprint density at radius 1 is 1.05 bits per heavy atom. The van der Waals surface area contributed by atoms with Gasteiger partial charge in [0.05, 0.1) is 0 Å². The SMILES string of the molecule is Fc1ccc(Br)c(CNCc2ccc(C3CC3)cc2)c1. The van der Waals surface area contributed by atoms with Gasteiger partial charge >= 0.3 is 0 Å². The van der Waals surface area contributed by atoms with Crippen LogP contribution in [0.4, 0.5) is 4.39 Å². The van der Waals surface area contributed by atoms with Gasteiger partial charge in [-0.3, -0.25) is 0 Å². The van der Waals surface area contributed by atoms with Crippen LogP contribution >= 0.6 is 15.9 Å². The summed E-state index contributed by atoms with van der Waals surface area (Å²) in [6.07, 6.45) is 2.68. The Morgan fingerprint density at radius 2 is 1.80 bits per heavy atom. The molecule has 20 heavy (non-hydrogen) atoms. The van der Waals surface area contributed by atoms with E-state index in [1.807, 2.05) is 0 Å². The Morgan fingerprint density at radius 3 is 2.50 bits per heavy atom. The maximum absolute atomic E-state index is 13.2. The molecule has 104 valence electrons. The molecule has 3 rings (SSSR count). The molecule has 1 N–H and O–H groups in total. The second-order valence-electron chi connectivity index (χ2n) is 5.36. The van der Waals surface area contributed by atoms with Gasteiger partial charge in [-0.15, -0.1) is 0 Å². The molecule has 0 saturated heterocycles. The van der Waals surface area contributed by atoms with Crippen LogP contribution in [0.25, 0.3) is 0 Å². The second kappa shape index (κ2) is 6.06. The number of hydrogen-bond donors (Lipinski definition) is 1. The highest BCUT2D eigenvalue weighted by molar-refractivity contribution is 9.10. The first kappa shape index (κ1) is 13.8. The van der Waals surface area contributed by atoms with E-state index >= 15 is 0 Å². The minimum atomic E-state index is -0.196. The molecule has 3 heteroatoms. The van der Waals surface area contributed by atoms with Crippen molar-refractivity contribution in [2.45, 2.75) is 31.8 Å².